The molecule has 206 valence electrons. The molecule has 0 fully saturated rings. The molecule has 0 atom stereocenters. The quantitative estimate of drug-likeness (QED) is 0.182. The number of hydrogen-bond acceptors (Lipinski definition) is 1. The first-order chi connectivity index (χ1) is 31.9. The van der Waals surface area contributed by atoms with Crippen LogP contribution >= 0.6 is 0 Å². The minimum Gasteiger partial charge on any atom is -0.456 e. The van der Waals surface area contributed by atoms with Crippen LogP contribution in [-0.4, -0.2) is 0 Å². The first kappa shape index (κ1) is 10.9. The molecular weight excluding hydrogens is 544 g/mol. The molecule has 0 aliphatic rings. The Morgan fingerprint density at radius 3 is 1.36 bits per heavy atom. The topological polar surface area (TPSA) is 13.1 Å². The van der Waals surface area contributed by atoms with E-state index < -0.39 is 178 Å². The lowest BCUT2D eigenvalue weighted by Gasteiger charge is -2.14. The second-order valence-electron chi connectivity index (χ2n) is 10.6. The van der Waals surface area contributed by atoms with Gasteiger partial charge in [-0.15, -0.1) is 0 Å². The van der Waals surface area contributed by atoms with Crippen molar-refractivity contribution in [2.45, 2.75) is 0 Å². The third kappa shape index (κ3) is 3.12. The van der Waals surface area contributed by atoms with Gasteiger partial charge in [0.1, 0.15) is 11.2 Å². The summed E-state index contributed by atoms with van der Waals surface area (Å²) >= 11 is 0. The zero-order valence-electron chi connectivity index (χ0n) is 45.5. The molecule has 1 heteroatoms. The van der Waals surface area contributed by atoms with E-state index >= 15 is 0 Å². The summed E-state index contributed by atoms with van der Waals surface area (Å²) in [5, 5.41) is -3.66. The van der Waals surface area contributed by atoms with Crippen LogP contribution in [0, 0.1) is 0 Å². The Kier molecular flexibility index (Phi) is 2.03. The highest BCUT2D eigenvalue weighted by atomic mass is 16.3. The van der Waals surface area contributed by atoms with Crippen LogP contribution in [0.2, 0.25) is 0 Å². The molecule has 0 amide bonds. The van der Waals surface area contributed by atoms with Gasteiger partial charge in [-0.2, -0.15) is 0 Å². The van der Waals surface area contributed by atoms with Crippen molar-refractivity contribution < 1.29 is 35.9 Å². The van der Waals surface area contributed by atoms with Gasteiger partial charge in [0.15, 0.2) is 0 Å². The first-order valence-electron chi connectivity index (χ1n) is 25.2. The summed E-state index contributed by atoms with van der Waals surface area (Å²) in [5.74, 6) is 0. The largest absolute Gasteiger partial charge is 0.456 e. The number of hydrogen-bond donors (Lipinski definition) is 0. The average Bonchev–Trinajstić information content (AvgIpc) is 3.71. The Labute approximate surface area is 290 Å². The van der Waals surface area contributed by atoms with E-state index in [4.69, 9.17) is 22.2 Å². The summed E-state index contributed by atoms with van der Waals surface area (Å²) in [6.45, 7) is 0. The third-order valence-corrected chi connectivity index (χ3v) is 8.21. The molecule has 45 heavy (non-hydrogen) atoms. The molecule has 10 aromatic carbocycles. The minimum absolute atomic E-state index is 0.0576. The number of benzene rings is 10. The summed E-state index contributed by atoms with van der Waals surface area (Å²) in [7, 11) is 0. The maximum Gasteiger partial charge on any atom is 0.136 e. The molecule has 0 saturated carbocycles. The second kappa shape index (κ2) is 8.37. The maximum atomic E-state index is 9.53. The standard InChI is InChI=1S/C44H24O/c1-3-25-7-9-29-11-17-33(37-21-13-27(5-1)41(25)43(29)37)31-15-19-35-36-20-16-32(24-40(36)45-39(35)23-31)34-18-12-30-10-8-26-4-2-6-28-14-22-38(34)44(30)42(26)28/h1-24H/i1D,2D,3D,4D,5D,6D,7D,8D,9D,10D,11D,13D,14D,15D,16D,17D,18D,19D,20D,21D,22D,23D,24D. The lowest BCUT2D eigenvalue weighted by molar-refractivity contribution is 0.669. The van der Waals surface area contributed by atoms with Gasteiger partial charge in [-0.05, 0) is 111 Å². The van der Waals surface area contributed by atoms with E-state index in [1.54, 1.807) is 0 Å². The highest BCUT2D eigenvalue weighted by Crippen LogP contribution is 2.43. The second-order valence-corrected chi connectivity index (χ2v) is 10.6. The van der Waals surface area contributed by atoms with Crippen LogP contribution in [0.1, 0.15) is 31.5 Å². The van der Waals surface area contributed by atoms with Crippen molar-refractivity contribution in [2.24, 2.45) is 0 Å². The summed E-state index contributed by atoms with van der Waals surface area (Å²) < 4.78 is 213. The van der Waals surface area contributed by atoms with Crippen LogP contribution in [-0.2, 0) is 0 Å². The summed E-state index contributed by atoms with van der Waals surface area (Å²) in [5.41, 5.74) is -3.08. The number of furan rings is 1. The molecule has 0 N–H and O–H groups in total. The Balaban J connectivity index is 1.28. The van der Waals surface area contributed by atoms with Gasteiger partial charge < -0.3 is 4.42 Å². The minimum atomic E-state index is -0.816. The van der Waals surface area contributed by atoms with Gasteiger partial charge in [0.25, 0.3) is 0 Å². The van der Waals surface area contributed by atoms with Gasteiger partial charge in [-0.1, -0.05) is 121 Å². The summed E-state index contributed by atoms with van der Waals surface area (Å²) in [6, 6.07) is -14.2. The molecule has 1 aromatic heterocycles. The van der Waals surface area contributed by atoms with Crippen molar-refractivity contribution in [1.29, 1.82) is 0 Å². The van der Waals surface area contributed by atoms with E-state index in [2.05, 4.69) is 0 Å². The number of rotatable bonds is 2. The fraction of sp³-hybridized carbons (Fsp3) is 0. The van der Waals surface area contributed by atoms with Crippen molar-refractivity contribution in [3.05, 3.63) is 145 Å². The molecular formula is C44H24O. The Hall–Kier alpha value is -5.92. The number of fused-ring (bicyclic) bond motifs is 3. The molecule has 0 unspecified atom stereocenters. The average molecular weight is 592 g/mol. The molecule has 1 heterocycles. The van der Waals surface area contributed by atoms with Crippen molar-refractivity contribution >= 4 is 86.6 Å². The van der Waals surface area contributed by atoms with Gasteiger partial charge in [-0.3, -0.25) is 0 Å². The lowest BCUT2D eigenvalue weighted by atomic mass is 9.89. The zero-order chi connectivity index (χ0) is 49.2. The van der Waals surface area contributed by atoms with E-state index in [-0.39, 0.29) is 70.2 Å². The van der Waals surface area contributed by atoms with Crippen molar-refractivity contribution in [1.82, 2.24) is 0 Å². The molecule has 0 saturated heterocycles. The molecule has 0 radical (unpaired) electrons. The van der Waals surface area contributed by atoms with Gasteiger partial charge in [0.05, 0.1) is 31.5 Å². The smallest absolute Gasteiger partial charge is 0.136 e. The van der Waals surface area contributed by atoms with Crippen LogP contribution in [0.15, 0.2) is 149 Å². The van der Waals surface area contributed by atoms with Crippen molar-refractivity contribution in [3.63, 3.8) is 0 Å². The first-order valence-corrected chi connectivity index (χ1v) is 13.7. The van der Waals surface area contributed by atoms with Crippen LogP contribution < -0.4 is 0 Å². The zero-order valence-corrected chi connectivity index (χ0v) is 22.5. The molecule has 1 nitrogen and oxygen atoms in total. The van der Waals surface area contributed by atoms with Gasteiger partial charge in [0.2, 0.25) is 0 Å². The Morgan fingerprint density at radius 1 is 0.356 bits per heavy atom. The van der Waals surface area contributed by atoms with Crippen LogP contribution in [0.25, 0.3) is 109 Å². The van der Waals surface area contributed by atoms with Crippen LogP contribution in [0.5, 0.6) is 0 Å². The third-order valence-electron chi connectivity index (χ3n) is 8.21. The Morgan fingerprint density at radius 2 is 0.778 bits per heavy atom. The van der Waals surface area contributed by atoms with E-state index in [1.165, 1.54) is 0 Å². The SMILES string of the molecule is [2H]c1cc2c([2H])c([2H])c3c([2H])c([2H])c([2H])c4c([2H])c([2H])c(c1-c1c([2H])c([2H])c5c(oc6c([2H])c(-c7c([2H])c([2H])c8c([2H])c([2H])c9c([2H])c([2H])c([2H])c%10c([2H])c([2H])c7c8c9%10)c([2H])c([2H])c65)c1[2H])c2c34. The lowest BCUT2D eigenvalue weighted by Crippen LogP contribution is -1.87. The van der Waals surface area contributed by atoms with Crippen LogP contribution in [0.3, 0.4) is 0 Å². The van der Waals surface area contributed by atoms with E-state index in [9.17, 15) is 13.7 Å². The normalized spacial score (nSPS) is 19.6. The van der Waals surface area contributed by atoms with E-state index in [0.717, 1.165) is 6.07 Å². The van der Waals surface area contributed by atoms with Gasteiger partial charge in [-0.25, -0.2) is 0 Å². The predicted molar refractivity (Wildman–Crippen MR) is 192 cm³/mol. The van der Waals surface area contributed by atoms with E-state index in [0.29, 0.717) is 0 Å². The van der Waals surface area contributed by atoms with E-state index in [1.807, 2.05) is 0 Å². The predicted octanol–water partition coefficient (Wildman–Crippen LogP) is 12.7. The highest BCUT2D eigenvalue weighted by molar-refractivity contribution is 6.27. The molecule has 0 aliphatic heterocycles. The Bertz CT molecular complexity index is 4240. The van der Waals surface area contributed by atoms with Gasteiger partial charge in [0, 0.05) is 10.8 Å². The molecule has 0 bridgehead atoms. The fourth-order valence-corrected chi connectivity index (χ4v) is 6.21. The molecule has 0 aliphatic carbocycles. The van der Waals surface area contributed by atoms with Gasteiger partial charge >= 0.3 is 0 Å². The highest BCUT2D eigenvalue weighted by Gasteiger charge is 2.16. The molecule has 0 spiro atoms. The molecule has 11 rings (SSSR count). The summed E-state index contributed by atoms with van der Waals surface area (Å²) in [4.78, 5) is 0. The van der Waals surface area contributed by atoms with Crippen molar-refractivity contribution in [2.75, 3.05) is 0 Å². The monoisotopic (exact) mass is 591 g/mol. The summed E-state index contributed by atoms with van der Waals surface area (Å²) in [6.07, 6.45) is 0. The molecule has 11 aromatic rings. The maximum absolute atomic E-state index is 9.53. The van der Waals surface area contributed by atoms with Crippen LogP contribution in [0.4, 0.5) is 0 Å². The fourth-order valence-electron chi connectivity index (χ4n) is 6.21. The van der Waals surface area contributed by atoms with Crippen molar-refractivity contribution in [3.8, 4) is 22.3 Å².